The Hall–Kier alpha value is -2.74. The molecule has 0 aliphatic heterocycles. The van der Waals surface area contributed by atoms with Crippen molar-refractivity contribution in [3.63, 3.8) is 0 Å². The lowest BCUT2D eigenvalue weighted by Crippen LogP contribution is -2.45. The molecule has 1 heterocycles. The van der Waals surface area contributed by atoms with Crippen molar-refractivity contribution in [3.8, 4) is 17.2 Å². The molecule has 2 rings (SSSR count). The predicted octanol–water partition coefficient (Wildman–Crippen LogP) is 3.39. The molecule has 2 atom stereocenters. The number of carbonyl (C=O) groups is 2. The fraction of sp³-hybridized carbons (Fsp3) is 0.429. The van der Waals surface area contributed by atoms with Gasteiger partial charge in [-0.25, -0.2) is 0 Å². The van der Waals surface area contributed by atoms with Gasteiger partial charge in [-0.3, -0.25) is 9.59 Å². The van der Waals surface area contributed by atoms with Gasteiger partial charge in [0.15, 0.2) is 11.5 Å². The van der Waals surface area contributed by atoms with Crippen LogP contribution in [0.2, 0.25) is 0 Å². The molecule has 1 aromatic heterocycles. The highest BCUT2D eigenvalue weighted by Gasteiger charge is 2.22. The van der Waals surface area contributed by atoms with E-state index >= 15 is 0 Å². The summed E-state index contributed by atoms with van der Waals surface area (Å²) in [6, 6.07) is 4.30. The number of aryl methyl sites for hydroxylation is 2. The van der Waals surface area contributed by atoms with E-state index in [1.165, 1.54) is 31.1 Å². The molecule has 8 heteroatoms. The molecular formula is C21H28N2O5S. The minimum Gasteiger partial charge on any atom is -0.493 e. The van der Waals surface area contributed by atoms with Crippen molar-refractivity contribution in [1.29, 1.82) is 0 Å². The third kappa shape index (κ3) is 5.20. The van der Waals surface area contributed by atoms with Gasteiger partial charge in [0.25, 0.3) is 5.91 Å². The maximum atomic E-state index is 12.7. The van der Waals surface area contributed by atoms with Crippen LogP contribution in [0, 0.1) is 13.8 Å². The summed E-state index contributed by atoms with van der Waals surface area (Å²) in [5.41, 5.74) is 1.39. The molecule has 0 radical (unpaired) electrons. The average molecular weight is 421 g/mol. The van der Waals surface area contributed by atoms with E-state index in [1.54, 1.807) is 30.4 Å². The van der Waals surface area contributed by atoms with Gasteiger partial charge in [0.1, 0.15) is 6.04 Å². The number of carbonyl (C=O) groups excluding carboxylic acids is 2. The molecule has 0 aliphatic carbocycles. The third-order valence-corrected chi connectivity index (χ3v) is 5.55. The van der Waals surface area contributed by atoms with Crippen molar-refractivity contribution in [2.75, 3.05) is 21.3 Å². The number of hydrogen-bond donors (Lipinski definition) is 2. The highest BCUT2D eigenvalue weighted by Crippen LogP contribution is 2.38. The summed E-state index contributed by atoms with van der Waals surface area (Å²) in [5.74, 6) is 0.452. The van der Waals surface area contributed by atoms with E-state index in [9.17, 15) is 9.59 Å². The zero-order valence-electron chi connectivity index (χ0n) is 17.8. The topological polar surface area (TPSA) is 85.9 Å². The molecule has 0 bridgehead atoms. The summed E-state index contributed by atoms with van der Waals surface area (Å²) in [6.07, 6.45) is 0. The Balaban J connectivity index is 2.09. The summed E-state index contributed by atoms with van der Waals surface area (Å²) in [6.45, 7) is 7.64. The summed E-state index contributed by atoms with van der Waals surface area (Å²) >= 11 is 1.70. The smallest absolute Gasteiger partial charge is 0.252 e. The van der Waals surface area contributed by atoms with E-state index in [4.69, 9.17) is 14.2 Å². The molecule has 7 nitrogen and oxygen atoms in total. The number of benzene rings is 1. The number of rotatable bonds is 8. The van der Waals surface area contributed by atoms with Crippen molar-refractivity contribution in [2.45, 2.75) is 39.8 Å². The van der Waals surface area contributed by atoms with Gasteiger partial charge in [-0.1, -0.05) is 0 Å². The SMILES string of the molecule is COc1cc(C(=O)N[C@H](C)C(=O)N[C@@H](C)c2cc(C)sc2C)cc(OC)c1OC. The Morgan fingerprint density at radius 1 is 0.931 bits per heavy atom. The lowest BCUT2D eigenvalue weighted by Gasteiger charge is -2.19. The molecule has 2 N–H and O–H groups in total. The van der Waals surface area contributed by atoms with Gasteiger partial charge in [-0.15, -0.1) is 11.3 Å². The normalized spacial score (nSPS) is 12.7. The largest absolute Gasteiger partial charge is 0.493 e. The quantitative estimate of drug-likeness (QED) is 0.684. The van der Waals surface area contributed by atoms with Crippen LogP contribution in [-0.2, 0) is 4.79 Å². The van der Waals surface area contributed by atoms with Crippen molar-refractivity contribution in [2.24, 2.45) is 0 Å². The number of amides is 2. The maximum Gasteiger partial charge on any atom is 0.252 e. The van der Waals surface area contributed by atoms with Crippen LogP contribution in [0.1, 0.15) is 45.6 Å². The van der Waals surface area contributed by atoms with Crippen LogP contribution in [0.5, 0.6) is 17.2 Å². The first-order valence-corrected chi connectivity index (χ1v) is 10.0. The molecule has 0 fully saturated rings. The molecule has 0 saturated heterocycles. The number of ether oxygens (including phenoxy) is 3. The fourth-order valence-corrected chi connectivity index (χ4v) is 4.08. The molecule has 2 amide bonds. The van der Waals surface area contributed by atoms with Crippen LogP contribution < -0.4 is 24.8 Å². The number of methoxy groups -OCH3 is 3. The first-order chi connectivity index (χ1) is 13.7. The summed E-state index contributed by atoms with van der Waals surface area (Å²) in [4.78, 5) is 27.6. The van der Waals surface area contributed by atoms with E-state index in [0.29, 0.717) is 22.8 Å². The van der Waals surface area contributed by atoms with Gasteiger partial charge in [-0.05, 0) is 51.5 Å². The Labute approximate surface area is 175 Å². The van der Waals surface area contributed by atoms with E-state index < -0.39 is 11.9 Å². The Morgan fingerprint density at radius 3 is 1.97 bits per heavy atom. The first kappa shape index (κ1) is 22.5. The lowest BCUT2D eigenvalue weighted by atomic mass is 10.1. The Kier molecular flexibility index (Phi) is 7.50. The van der Waals surface area contributed by atoms with Crippen molar-refractivity contribution >= 4 is 23.2 Å². The van der Waals surface area contributed by atoms with Gasteiger partial charge in [0.2, 0.25) is 11.7 Å². The number of thiophene rings is 1. The summed E-state index contributed by atoms with van der Waals surface area (Å²) < 4.78 is 15.8. The molecule has 0 spiro atoms. The van der Waals surface area contributed by atoms with Crippen LogP contribution in [0.4, 0.5) is 0 Å². The minimum atomic E-state index is -0.718. The van der Waals surface area contributed by atoms with Crippen LogP contribution in [0.3, 0.4) is 0 Å². The zero-order chi connectivity index (χ0) is 21.7. The van der Waals surface area contributed by atoms with Crippen LogP contribution in [0.15, 0.2) is 18.2 Å². The molecule has 0 saturated carbocycles. The maximum absolute atomic E-state index is 12.7. The fourth-order valence-electron chi connectivity index (χ4n) is 3.05. The van der Waals surface area contributed by atoms with E-state index in [-0.39, 0.29) is 11.9 Å². The average Bonchev–Trinajstić information content (AvgIpc) is 3.04. The predicted molar refractivity (Wildman–Crippen MR) is 113 cm³/mol. The van der Waals surface area contributed by atoms with Gasteiger partial charge >= 0.3 is 0 Å². The zero-order valence-corrected chi connectivity index (χ0v) is 18.7. The molecular weight excluding hydrogens is 392 g/mol. The minimum absolute atomic E-state index is 0.145. The lowest BCUT2D eigenvalue weighted by molar-refractivity contribution is -0.123. The van der Waals surface area contributed by atoms with Gasteiger partial charge in [0, 0.05) is 15.3 Å². The van der Waals surface area contributed by atoms with Crippen LogP contribution in [0.25, 0.3) is 0 Å². The monoisotopic (exact) mass is 420 g/mol. The summed E-state index contributed by atoms with van der Waals surface area (Å²) in [7, 11) is 4.44. The van der Waals surface area contributed by atoms with E-state index in [2.05, 4.69) is 16.7 Å². The molecule has 0 aliphatic rings. The van der Waals surface area contributed by atoms with Crippen molar-refractivity contribution < 1.29 is 23.8 Å². The molecule has 158 valence electrons. The second-order valence-electron chi connectivity index (χ2n) is 6.71. The molecule has 1 aromatic carbocycles. The standard InChI is InChI=1S/C21H28N2O5S/c1-11-8-16(14(4)29-11)12(2)22-20(24)13(3)23-21(25)15-9-17(26-5)19(28-7)18(10-15)27-6/h8-10,12-13H,1-7H3,(H,22,24)(H,23,25)/t12-,13+/m0/s1. The molecule has 0 unspecified atom stereocenters. The van der Waals surface area contributed by atoms with E-state index in [1.807, 2.05) is 20.8 Å². The Morgan fingerprint density at radius 2 is 1.52 bits per heavy atom. The second-order valence-corrected chi connectivity index (χ2v) is 8.17. The molecule has 2 aromatic rings. The van der Waals surface area contributed by atoms with Gasteiger partial charge < -0.3 is 24.8 Å². The van der Waals surface area contributed by atoms with E-state index in [0.717, 1.165) is 5.56 Å². The Bertz CT molecular complexity index is 868. The van der Waals surface area contributed by atoms with Crippen LogP contribution in [-0.4, -0.2) is 39.2 Å². The van der Waals surface area contributed by atoms with Crippen molar-refractivity contribution in [1.82, 2.24) is 10.6 Å². The van der Waals surface area contributed by atoms with Crippen molar-refractivity contribution in [3.05, 3.63) is 39.1 Å². The molecule has 29 heavy (non-hydrogen) atoms. The van der Waals surface area contributed by atoms with Gasteiger partial charge in [0.05, 0.1) is 27.4 Å². The highest BCUT2D eigenvalue weighted by molar-refractivity contribution is 7.12. The van der Waals surface area contributed by atoms with Gasteiger partial charge in [-0.2, -0.15) is 0 Å². The highest BCUT2D eigenvalue weighted by atomic mass is 32.1. The number of hydrogen-bond acceptors (Lipinski definition) is 6. The number of nitrogens with one attached hydrogen (secondary N) is 2. The summed E-state index contributed by atoms with van der Waals surface area (Å²) in [5, 5.41) is 5.67. The first-order valence-electron chi connectivity index (χ1n) is 9.20. The second kappa shape index (κ2) is 9.65. The van der Waals surface area contributed by atoms with Crippen LogP contribution >= 0.6 is 11.3 Å². The third-order valence-electron chi connectivity index (χ3n) is 4.57.